The number of rotatable bonds is 5. The molecule has 1 N–H and O–H groups in total. The second-order valence-electron chi connectivity index (χ2n) is 10.7. The van der Waals surface area contributed by atoms with E-state index >= 15 is 0 Å². The highest BCUT2D eigenvalue weighted by molar-refractivity contribution is 6.03. The van der Waals surface area contributed by atoms with Crippen molar-refractivity contribution in [1.82, 2.24) is 0 Å². The molecule has 184 valence electrons. The van der Waals surface area contributed by atoms with Crippen molar-refractivity contribution in [3.63, 3.8) is 0 Å². The number of ether oxygens (including phenoxy) is 4. The molecule has 0 aliphatic heterocycles. The minimum atomic E-state index is -1.74. The lowest BCUT2D eigenvalue weighted by Crippen LogP contribution is -2.56. The Hall–Kier alpha value is -2.61. The van der Waals surface area contributed by atoms with Crippen LogP contribution in [0.1, 0.15) is 66.4 Å². The van der Waals surface area contributed by atoms with Crippen LogP contribution in [-0.2, 0) is 23.9 Å². The van der Waals surface area contributed by atoms with E-state index in [1.165, 1.54) is 21.1 Å². The monoisotopic (exact) mass is 464 g/mol. The number of aliphatic hydroxyl groups is 1. The highest BCUT2D eigenvalue weighted by Crippen LogP contribution is 2.48. The summed E-state index contributed by atoms with van der Waals surface area (Å²) in [5, 5.41) is 11.2. The van der Waals surface area contributed by atoms with Crippen LogP contribution in [0, 0.1) is 11.8 Å². The maximum Gasteiger partial charge on any atom is 0.317 e. The first-order valence-corrected chi connectivity index (χ1v) is 10.9. The maximum absolute atomic E-state index is 13.3. The van der Waals surface area contributed by atoms with Crippen LogP contribution >= 0.6 is 0 Å². The van der Waals surface area contributed by atoms with Gasteiger partial charge < -0.3 is 24.1 Å². The summed E-state index contributed by atoms with van der Waals surface area (Å²) in [5.41, 5.74) is -2.97. The van der Waals surface area contributed by atoms with Crippen LogP contribution in [-0.4, -0.2) is 53.9 Å². The number of esters is 2. The molecule has 8 heteroatoms. The van der Waals surface area contributed by atoms with Gasteiger partial charge in [0.1, 0.15) is 17.1 Å². The first-order chi connectivity index (χ1) is 15.0. The number of hydrogen-bond acceptors (Lipinski definition) is 8. The lowest BCUT2D eigenvalue weighted by molar-refractivity contribution is -0.182. The predicted molar refractivity (Wildman–Crippen MR) is 121 cm³/mol. The summed E-state index contributed by atoms with van der Waals surface area (Å²) in [6.07, 6.45) is -0.384. The van der Waals surface area contributed by atoms with Gasteiger partial charge in [-0.15, -0.1) is 0 Å². The normalized spacial score (nSPS) is 25.9. The minimum Gasteiger partial charge on any atom is -0.493 e. The minimum absolute atomic E-state index is 0.360. The van der Waals surface area contributed by atoms with E-state index in [0.29, 0.717) is 17.1 Å². The molecule has 2 rings (SSSR count). The summed E-state index contributed by atoms with van der Waals surface area (Å²) in [7, 11) is 2.94. The Kier molecular flexibility index (Phi) is 7.53. The van der Waals surface area contributed by atoms with Gasteiger partial charge in [-0.1, -0.05) is 6.07 Å². The Morgan fingerprint density at radius 1 is 0.939 bits per heavy atom. The molecule has 1 fully saturated rings. The van der Waals surface area contributed by atoms with Crippen molar-refractivity contribution >= 4 is 17.7 Å². The van der Waals surface area contributed by atoms with Crippen LogP contribution in [0.3, 0.4) is 0 Å². The third-order valence-electron chi connectivity index (χ3n) is 5.38. The number of methoxy groups -OCH3 is 2. The zero-order chi connectivity index (χ0) is 25.4. The fourth-order valence-electron chi connectivity index (χ4n) is 4.21. The summed E-state index contributed by atoms with van der Waals surface area (Å²) in [4.78, 5) is 39.7. The summed E-state index contributed by atoms with van der Waals surface area (Å²) in [5.74, 6) is -4.70. The lowest BCUT2D eigenvalue weighted by Gasteiger charge is -2.44. The molecule has 33 heavy (non-hydrogen) atoms. The molecular formula is C25H36O8. The van der Waals surface area contributed by atoms with Gasteiger partial charge in [0.15, 0.2) is 17.3 Å². The second kappa shape index (κ2) is 9.33. The molecule has 1 aromatic carbocycles. The topological polar surface area (TPSA) is 108 Å². The van der Waals surface area contributed by atoms with Gasteiger partial charge in [0.2, 0.25) is 0 Å². The second-order valence-corrected chi connectivity index (χ2v) is 10.7. The highest BCUT2D eigenvalue weighted by atomic mass is 16.6. The molecule has 8 nitrogen and oxygen atoms in total. The van der Waals surface area contributed by atoms with Crippen LogP contribution in [0.5, 0.6) is 11.5 Å². The lowest BCUT2D eigenvalue weighted by atomic mass is 9.61. The summed E-state index contributed by atoms with van der Waals surface area (Å²) >= 11 is 0. The van der Waals surface area contributed by atoms with Crippen molar-refractivity contribution in [3.8, 4) is 11.5 Å². The fourth-order valence-corrected chi connectivity index (χ4v) is 4.21. The van der Waals surface area contributed by atoms with Crippen molar-refractivity contribution in [1.29, 1.82) is 0 Å². The van der Waals surface area contributed by atoms with E-state index in [-0.39, 0.29) is 6.42 Å². The van der Waals surface area contributed by atoms with Crippen LogP contribution in [0.25, 0.3) is 0 Å². The van der Waals surface area contributed by atoms with Gasteiger partial charge >= 0.3 is 11.9 Å². The van der Waals surface area contributed by atoms with E-state index in [1.807, 2.05) is 0 Å². The van der Waals surface area contributed by atoms with Gasteiger partial charge in [0, 0.05) is 12.3 Å². The number of hydrogen-bond donors (Lipinski definition) is 1. The van der Waals surface area contributed by atoms with Crippen LogP contribution in [0.4, 0.5) is 0 Å². The molecule has 1 saturated carbocycles. The Morgan fingerprint density at radius 3 is 1.94 bits per heavy atom. The standard InChI is InChI=1S/C25H36O8/c1-23(2,3)32-21(27)19-15(26)13-25(7,29)20(22(28)33-24(4,5)6)18(19)14-10-11-16(30-8)17(12-14)31-9/h10-12,18-20,29H,13H2,1-9H3/t18-,19-,20-,25-/m1/s1. The Morgan fingerprint density at radius 2 is 1.45 bits per heavy atom. The summed E-state index contributed by atoms with van der Waals surface area (Å²) in [6, 6.07) is 4.88. The average molecular weight is 465 g/mol. The van der Waals surface area contributed by atoms with Crippen molar-refractivity contribution in [2.75, 3.05) is 14.2 Å². The molecule has 0 spiro atoms. The molecule has 0 saturated heterocycles. The zero-order valence-corrected chi connectivity index (χ0v) is 21.0. The molecule has 0 unspecified atom stereocenters. The van der Waals surface area contributed by atoms with Crippen LogP contribution in [0.2, 0.25) is 0 Å². The molecule has 0 heterocycles. The van der Waals surface area contributed by atoms with Crippen molar-refractivity contribution in [2.45, 2.75) is 77.6 Å². The number of ketones is 1. The van der Waals surface area contributed by atoms with Gasteiger partial charge in [-0.3, -0.25) is 14.4 Å². The van der Waals surface area contributed by atoms with Crippen molar-refractivity contribution in [2.24, 2.45) is 11.8 Å². The molecule has 4 atom stereocenters. The number of carbonyl (C=O) groups is 3. The number of carbonyl (C=O) groups excluding carboxylic acids is 3. The molecule has 0 aromatic heterocycles. The van der Waals surface area contributed by atoms with Gasteiger partial charge in [-0.25, -0.2) is 0 Å². The smallest absolute Gasteiger partial charge is 0.317 e. The summed E-state index contributed by atoms with van der Waals surface area (Å²) in [6.45, 7) is 11.7. The van der Waals surface area contributed by atoms with Gasteiger partial charge in [-0.05, 0) is 66.2 Å². The van der Waals surface area contributed by atoms with Crippen molar-refractivity contribution in [3.05, 3.63) is 23.8 Å². The van der Waals surface area contributed by atoms with E-state index in [4.69, 9.17) is 18.9 Å². The van der Waals surface area contributed by atoms with Gasteiger partial charge in [0.25, 0.3) is 0 Å². The van der Waals surface area contributed by atoms with Crippen LogP contribution < -0.4 is 9.47 Å². The average Bonchev–Trinajstić information content (AvgIpc) is 2.62. The molecule has 1 aliphatic rings. The zero-order valence-electron chi connectivity index (χ0n) is 21.0. The Labute approximate surface area is 195 Å². The van der Waals surface area contributed by atoms with E-state index in [2.05, 4.69) is 0 Å². The van der Waals surface area contributed by atoms with Gasteiger partial charge in [0.05, 0.1) is 25.7 Å². The third-order valence-corrected chi connectivity index (χ3v) is 5.38. The predicted octanol–water partition coefficient (Wildman–Crippen LogP) is 3.43. The molecular weight excluding hydrogens is 428 g/mol. The quantitative estimate of drug-likeness (QED) is 0.522. The third kappa shape index (κ3) is 6.25. The van der Waals surface area contributed by atoms with E-state index in [1.54, 1.807) is 59.7 Å². The van der Waals surface area contributed by atoms with Gasteiger partial charge in [-0.2, -0.15) is 0 Å². The number of Topliss-reactive ketones (excluding diaryl/α,β-unsaturated/α-hetero) is 1. The SMILES string of the molecule is COc1ccc([C@@H]2[C@H](C(=O)OC(C)(C)C)C(=O)C[C@@](C)(O)[C@H]2C(=O)OC(C)(C)C)cc1OC. The largest absolute Gasteiger partial charge is 0.493 e. The highest BCUT2D eigenvalue weighted by Gasteiger charge is 2.58. The van der Waals surface area contributed by atoms with Crippen LogP contribution in [0.15, 0.2) is 18.2 Å². The summed E-state index contributed by atoms with van der Waals surface area (Å²) < 4.78 is 21.9. The van der Waals surface area contributed by atoms with E-state index in [0.717, 1.165) is 0 Å². The first kappa shape index (κ1) is 26.6. The molecule has 0 radical (unpaired) electrons. The number of benzene rings is 1. The Balaban J connectivity index is 2.72. The molecule has 0 bridgehead atoms. The molecule has 0 amide bonds. The van der Waals surface area contributed by atoms with E-state index in [9.17, 15) is 19.5 Å². The Bertz CT molecular complexity index is 904. The van der Waals surface area contributed by atoms with E-state index < -0.39 is 52.3 Å². The fraction of sp³-hybridized carbons (Fsp3) is 0.640. The maximum atomic E-state index is 13.3. The molecule has 1 aromatic rings. The van der Waals surface area contributed by atoms with Crippen molar-refractivity contribution < 1.29 is 38.4 Å². The first-order valence-electron chi connectivity index (χ1n) is 10.9. The molecule has 1 aliphatic carbocycles.